The molecule has 0 spiro atoms. The van der Waals surface area contributed by atoms with Gasteiger partial charge >= 0.3 is 0 Å². The van der Waals surface area contributed by atoms with Gasteiger partial charge in [-0.2, -0.15) is 5.10 Å². The fourth-order valence-corrected chi connectivity index (χ4v) is 2.70. The van der Waals surface area contributed by atoms with Crippen LogP contribution in [0.2, 0.25) is 0 Å². The zero-order valence-electron chi connectivity index (χ0n) is 16.9. The smallest absolute Gasteiger partial charge is 0.191 e. The number of halogens is 1. The largest absolute Gasteiger partial charge is 0.382 e. The second-order valence-corrected chi connectivity index (χ2v) is 5.78. The van der Waals surface area contributed by atoms with Crippen molar-refractivity contribution in [1.82, 2.24) is 20.4 Å². The topological polar surface area (TPSA) is 72.7 Å². The van der Waals surface area contributed by atoms with E-state index in [-0.39, 0.29) is 24.0 Å². The van der Waals surface area contributed by atoms with Crippen LogP contribution in [0.25, 0.3) is 0 Å². The number of methoxy groups -OCH3 is 1. The van der Waals surface area contributed by atoms with Gasteiger partial charge in [0.15, 0.2) is 5.96 Å². The van der Waals surface area contributed by atoms with E-state index in [4.69, 9.17) is 14.5 Å². The number of hydrogen-bond donors (Lipinski definition) is 2. The number of hydrogen-bond acceptors (Lipinski definition) is 4. The normalized spacial score (nSPS) is 11.3. The van der Waals surface area contributed by atoms with Gasteiger partial charge in [0.1, 0.15) is 0 Å². The molecule has 0 aromatic carbocycles. The van der Waals surface area contributed by atoms with E-state index >= 15 is 0 Å². The molecule has 0 fully saturated rings. The Hall–Kier alpha value is -0.870. The Bertz CT molecular complexity index is 520. The van der Waals surface area contributed by atoms with E-state index in [9.17, 15) is 0 Å². The van der Waals surface area contributed by atoms with E-state index in [2.05, 4.69) is 36.5 Å². The molecular weight excluding hydrogens is 445 g/mol. The lowest BCUT2D eigenvalue weighted by Gasteiger charge is -2.12. The number of rotatable bonds is 12. The summed E-state index contributed by atoms with van der Waals surface area (Å²) >= 11 is 0. The molecule has 26 heavy (non-hydrogen) atoms. The van der Waals surface area contributed by atoms with Gasteiger partial charge in [-0.05, 0) is 26.2 Å². The predicted molar refractivity (Wildman–Crippen MR) is 118 cm³/mol. The predicted octanol–water partition coefficient (Wildman–Crippen LogP) is 2.27. The number of aryl methyl sites for hydroxylation is 2. The van der Waals surface area contributed by atoms with E-state index in [1.165, 1.54) is 11.3 Å². The Kier molecular flexibility index (Phi) is 14.7. The second-order valence-electron chi connectivity index (χ2n) is 5.78. The van der Waals surface area contributed by atoms with Crippen molar-refractivity contribution in [3.63, 3.8) is 0 Å². The van der Waals surface area contributed by atoms with Crippen molar-refractivity contribution in [2.45, 2.75) is 46.6 Å². The molecule has 0 unspecified atom stereocenters. The van der Waals surface area contributed by atoms with Gasteiger partial charge in [-0.25, -0.2) is 4.99 Å². The molecule has 8 heteroatoms. The highest BCUT2D eigenvalue weighted by Gasteiger charge is 2.13. The van der Waals surface area contributed by atoms with Gasteiger partial charge in [0.2, 0.25) is 0 Å². The van der Waals surface area contributed by atoms with Gasteiger partial charge in [0.25, 0.3) is 0 Å². The third kappa shape index (κ3) is 8.68. The second kappa shape index (κ2) is 15.2. The van der Waals surface area contributed by atoms with Crippen LogP contribution in [0.5, 0.6) is 0 Å². The molecule has 1 heterocycles. The summed E-state index contributed by atoms with van der Waals surface area (Å²) in [7, 11) is 3.69. The molecule has 152 valence electrons. The van der Waals surface area contributed by atoms with E-state index in [1.54, 1.807) is 7.11 Å². The highest BCUT2D eigenvalue weighted by Crippen LogP contribution is 2.16. The average molecular weight is 481 g/mol. The van der Waals surface area contributed by atoms with Crippen LogP contribution in [0.3, 0.4) is 0 Å². The average Bonchev–Trinajstić information content (AvgIpc) is 2.93. The molecule has 7 nitrogen and oxygen atoms in total. The Morgan fingerprint density at radius 2 is 1.88 bits per heavy atom. The van der Waals surface area contributed by atoms with Gasteiger partial charge in [0, 0.05) is 45.1 Å². The van der Waals surface area contributed by atoms with Gasteiger partial charge in [-0.15, -0.1) is 24.0 Å². The highest BCUT2D eigenvalue weighted by atomic mass is 127. The van der Waals surface area contributed by atoms with Crippen LogP contribution in [0.4, 0.5) is 0 Å². The van der Waals surface area contributed by atoms with Crippen molar-refractivity contribution in [2.75, 3.05) is 40.0 Å². The first-order chi connectivity index (χ1) is 12.2. The number of ether oxygens (including phenoxy) is 2. The molecule has 0 saturated heterocycles. The Balaban J connectivity index is 0.00000625. The van der Waals surface area contributed by atoms with Gasteiger partial charge in [0.05, 0.1) is 25.5 Å². The van der Waals surface area contributed by atoms with Crippen molar-refractivity contribution in [2.24, 2.45) is 12.0 Å². The summed E-state index contributed by atoms with van der Waals surface area (Å²) in [6.07, 6.45) is 2.83. The third-order valence-corrected chi connectivity index (χ3v) is 3.96. The van der Waals surface area contributed by atoms with E-state index < -0.39 is 0 Å². The maximum absolute atomic E-state index is 5.47. The van der Waals surface area contributed by atoms with Gasteiger partial charge in [-0.3, -0.25) is 4.68 Å². The molecule has 2 N–H and O–H groups in total. The fraction of sp³-hybridized carbons (Fsp3) is 0.778. The van der Waals surface area contributed by atoms with Crippen molar-refractivity contribution in [3.8, 4) is 0 Å². The molecular formula is C18H36IN5O2. The molecule has 0 amide bonds. The Morgan fingerprint density at radius 1 is 1.12 bits per heavy atom. The summed E-state index contributed by atoms with van der Waals surface area (Å²) in [6, 6.07) is 0. The summed E-state index contributed by atoms with van der Waals surface area (Å²) in [6.45, 7) is 10.7. The summed E-state index contributed by atoms with van der Waals surface area (Å²) in [4.78, 5) is 4.74. The molecule has 1 aromatic rings. The first kappa shape index (κ1) is 25.1. The number of nitrogens with one attached hydrogen (secondary N) is 2. The lowest BCUT2D eigenvalue weighted by atomic mass is 10.1. The van der Waals surface area contributed by atoms with Crippen LogP contribution in [-0.2, 0) is 35.9 Å². The third-order valence-electron chi connectivity index (χ3n) is 3.96. The van der Waals surface area contributed by atoms with Crippen LogP contribution in [-0.4, -0.2) is 55.8 Å². The van der Waals surface area contributed by atoms with Gasteiger partial charge < -0.3 is 20.1 Å². The van der Waals surface area contributed by atoms with Crippen molar-refractivity contribution < 1.29 is 9.47 Å². The standard InChI is InChI=1S/C18H35N5O2.HI/c1-6-16-15(17(7-2)23(4)22-16)14-21-18(19-8-3)20-10-9-11-25-13-12-24-5;/h6-14H2,1-5H3,(H2,19,20,21);1H. The number of aliphatic imine (C=N–C) groups is 1. The van der Waals surface area contributed by atoms with E-state index in [0.29, 0.717) is 19.8 Å². The lowest BCUT2D eigenvalue weighted by Crippen LogP contribution is -2.38. The van der Waals surface area contributed by atoms with E-state index in [1.807, 2.05) is 11.7 Å². The van der Waals surface area contributed by atoms with Crippen LogP contribution >= 0.6 is 24.0 Å². The minimum atomic E-state index is 0. The van der Waals surface area contributed by atoms with Crippen molar-refractivity contribution in [3.05, 3.63) is 17.0 Å². The molecule has 0 aliphatic heterocycles. The molecule has 0 aliphatic carbocycles. The van der Waals surface area contributed by atoms with Crippen molar-refractivity contribution in [1.29, 1.82) is 0 Å². The zero-order valence-corrected chi connectivity index (χ0v) is 19.3. The minimum absolute atomic E-state index is 0. The van der Waals surface area contributed by atoms with Crippen LogP contribution < -0.4 is 10.6 Å². The number of nitrogens with zero attached hydrogens (tertiary/aromatic N) is 3. The Labute approximate surface area is 175 Å². The number of aromatic nitrogens is 2. The quantitative estimate of drug-likeness (QED) is 0.208. The SMILES string of the molecule is CCNC(=NCc1c(CC)nn(C)c1CC)NCCCOCCOC.I. The fourth-order valence-electron chi connectivity index (χ4n) is 2.70. The number of guanidine groups is 1. The maximum atomic E-state index is 5.47. The zero-order chi connectivity index (χ0) is 18.5. The Morgan fingerprint density at radius 3 is 2.50 bits per heavy atom. The summed E-state index contributed by atoms with van der Waals surface area (Å²) in [5.41, 5.74) is 3.67. The first-order valence-electron chi connectivity index (χ1n) is 9.30. The van der Waals surface area contributed by atoms with Crippen LogP contribution in [0.1, 0.15) is 44.1 Å². The molecule has 1 rings (SSSR count). The molecule has 0 bridgehead atoms. The van der Waals surface area contributed by atoms with E-state index in [0.717, 1.165) is 50.6 Å². The van der Waals surface area contributed by atoms with Crippen molar-refractivity contribution >= 4 is 29.9 Å². The summed E-state index contributed by atoms with van der Waals surface area (Å²) < 4.78 is 12.4. The summed E-state index contributed by atoms with van der Waals surface area (Å²) in [5.74, 6) is 0.840. The molecule has 0 saturated carbocycles. The first-order valence-corrected chi connectivity index (χ1v) is 9.30. The van der Waals surface area contributed by atoms with Crippen LogP contribution in [0, 0.1) is 0 Å². The molecule has 0 atom stereocenters. The summed E-state index contributed by atoms with van der Waals surface area (Å²) in [5, 5.41) is 11.3. The van der Waals surface area contributed by atoms with Crippen LogP contribution in [0.15, 0.2) is 4.99 Å². The minimum Gasteiger partial charge on any atom is -0.382 e. The lowest BCUT2D eigenvalue weighted by molar-refractivity contribution is 0.0698. The molecule has 1 aromatic heterocycles. The maximum Gasteiger partial charge on any atom is 0.191 e. The molecule has 0 aliphatic rings. The molecule has 0 radical (unpaired) electrons. The van der Waals surface area contributed by atoms with Gasteiger partial charge in [-0.1, -0.05) is 13.8 Å². The highest BCUT2D eigenvalue weighted by molar-refractivity contribution is 14.0. The monoisotopic (exact) mass is 481 g/mol.